The van der Waals surface area contributed by atoms with E-state index in [1.165, 1.54) is 0 Å². The highest BCUT2D eigenvalue weighted by Crippen LogP contribution is 2.58. The minimum atomic E-state index is -2.83. The van der Waals surface area contributed by atoms with Crippen molar-refractivity contribution in [2.24, 2.45) is 0 Å². The fourth-order valence-corrected chi connectivity index (χ4v) is 6.30. The van der Waals surface area contributed by atoms with E-state index in [2.05, 4.69) is 0 Å². The summed E-state index contributed by atoms with van der Waals surface area (Å²) in [5, 5.41) is 0.796. The molecule has 6 nitrogen and oxygen atoms in total. The van der Waals surface area contributed by atoms with Gasteiger partial charge in [-0.15, -0.1) is 0 Å². The van der Waals surface area contributed by atoms with Crippen molar-refractivity contribution in [1.82, 2.24) is 0 Å². The number of amides is 2. The summed E-state index contributed by atoms with van der Waals surface area (Å²) >= 11 is 5.97. The molecule has 2 aromatic rings. The first kappa shape index (κ1) is 17.3. The summed E-state index contributed by atoms with van der Waals surface area (Å²) in [7, 11) is 1.56. The predicted octanol–water partition coefficient (Wildman–Crippen LogP) is 3.51. The summed E-state index contributed by atoms with van der Waals surface area (Å²) < 4.78 is 18.9. The van der Waals surface area contributed by atoms with Crippen molar-refractivity contribution >= 4 is 40.9 Å². The van der Waals surface area contributed by atoms with E-state index in [0.717, 1.165) is 16.7 Å². The Hall–Kier alpha value is -2.08. The monoisotopic (exact) mass is 390 g/mol. The maximum Gasteiger partial charge on any atom is 0.334 e. The largest absolute Gasteiger partial charge is 0.486 e. The maximum absolute atomic E-state index is 13.3. The van der Waals surface area contributed by atoms with Gasteiger partial charge in [0.2, 0.25) is 0 Å². The lowest BCUT2D eigenvalue weighted by molar-refractivity contribution is 0.172. The van der Waals surface area contributed by atoms with Crippen molar-refractivity contribution in [2.45, 2.75) is 6.92 Å². The molecular weight excluding hydrogens is 371 g/mol. The lowest BCUT2D eigenvalue weighted by atomic mass is 10.2. The van der Waals surface area contributed by atoms with Crippen LogP contribution in [0.4, 0.5) is 16.2 Å². The van der Waals surface area contributed by atoms with Crippen LogP contribution in [0, 0.1) is 0 Å². The molecule has 2 aromatic carbocycles. The Morgan fingerprint density at radius 2 is 1.81 bits per heavy atom. The first-order chi connectivity index (χ1) is 12.6. The van der Waals surface area contributed by atoms with E-state index < -0.39 is 6.42 Å². The van der Waals surface area contributed by atoms with E-state index in [4.69, 9.17) is 25.8 Å². The Labute approximate surface area is 157 Å². The van der Waals surface area contributed by atoms with Gasteiger partial charge in [-0.1, -0.05) is 18.2 Å². The predicted molar refractivity (Wildman–Crippen MR) is 106 cm³/mol. The summed E-state index contributed by atoms with van der Waals surface area (Å²) in [6, 6.07) is 12.9. The topological polar surface area (TPSA) is 51.2 Å². The molecule has 2 amide bonds. The second-order valence-corrected chi connectivity index (χ2v) is 9.63. The summed E-state index contributed by atoms with van der Waals surface area (Å²) in [5.41, 5.74) is 1.46. The first-order valence-electron chi connectivity index (χ1n) is 8.37. The lowest BCUT2D eigenvalue weighted by Crippen LogP contribution is -2.50. The number of urea groups is 1. The SMILES string of the molecule is CCN1C(=O)N(c2ccccc2)P(=S)(OC)c2cc3c(cc21)OCCO3. The van der Waals surface area contributed by atoms with Crippen LogP contribution in [0.2, 0.25) is 0 Å². The number of hydrogen-bond donors (Lipinski definition) is 0. The molecule has 2 aliphatic rings. The molecule has 26 heavy (non-hydrogen) atoms. The molecule has 0 fully saturated rings. The van der Waals surface area contributed by atoms with E-state index in [-0.39, 0.29) is 6.03 Å². The van der Waals surface area contributed by atoms with Crippen LogP contribution in [-0.4, -0.2) is 32.9 Å². The Bertz CT molecular complexity index is 906. The molecule has 0 radical (unpaired) electrons. The molecule has 2 heterocycles. The van der Waals surface area contributed by atoms with Crippen LogP contribution >= 0.6 is 6.42 Å². The third-order valence-corrected chi connectivity index (χ3v) is 8.39. The molecule has 0 aromatic heterocycles. The van der Waals surface area contributed by atoms with Gasteiger partial charge in [0.25, 0.3) is 0 Å². The Balaban J connectivity index is 1.97. The highest BCUT2D eigenvalue weighted by molar-refractivity contribution is 8.17. The van der Waals surface area contributed by atoms with Gasteiger partial charge >= 0.3 is 6.03 Å². The van der Waals surface area contributed by atoms with E-state index in [9.17, 15) is 4.79 Å². The molecule has 8 heteroatoms. The summed E-state index contributed by atoms with van der Waals surface area (Å²) in [5.74, 6) is 1.27. The Morgan fingerprint density at radius 1 is 1.15 bits per heavy atom. The quantitative estimate of drug-likeness (QED) is 0.751. The molecule has 1 atom stereocenters. The van der Waals surface area contributed by atoms with Crippen LogP contribution in [0.5, 0.6) is 11.5 Å². The molecule has 0 spiro atoms. The van der Waals surface area contributed by atoms with E-state index in [1.807, 2.05) is 49.4 Å². The third-order valence-electron chi connectivity index (χ3n) is 4.47. The van der Waals surface area contributed by atoms with Gasteiger partial charge in [-0.25, -0.2) is 9.46 Å². The highest BCUT2D eigenvalue weighted by atomic mass is 32.4. The smallest absolute Gasteiger partial charge is 0.334 e. The van der Waals surface area contributed by atoms with E-state index >= 15 is 0 Å². The molecular formula is C18H19N2O4PS. The minimum absolute atomic E-state index is 0.187. The number of ether oxygens (including phenoxy) is 2. The average Bonchev–Trinajstić information content (AvgIpc) is 2.68. The third kappa shape index (κ3) is 2.50. The highest BCUT2D eigenvalue weighted by Gasteiger charge is 2.44. The normalized spacial score (nSPS) is 21.5. The van der Waals surface area contributed by atoms with Crippen molar-refractivity contribution in [1.29, 1.82) is 0 Å². The zero-order valence-electron chi connectivity index (χ0n) is 14.5. The van der Waals surface area contributed by atoms with E-state index in [0.29, 0.717) is 31.3 Å². The minimum Gasteiger partial charge on any atom is -0.486 e. The van der Waals surface area contributed by atoms with Gasteiger partial charge in [-0.3, -0.25) is 4.90 Å². The molecule has 0 saturated heterocycles. The van der Waals surface area contributed by atoms with Crippen molar-refractivity contribution in [2.75, 3.05) is 36.4 Å². The van der Waals surface area contributed by atoms with Crippen LogP contribution in [0.25, 0.3) is 0 Å². The summed E-state index contributed by atoms with van der Waals surface area (Å²) in [6.45, 7) is 3.41. The summed E-state index contributed by atoms with van der Waals surface area (Å²) in [6.07, 6.45) is -2.83. The van der Waals surface area contributed by atoms with Gasteiger partial charge in [0.1, 0.15) is 13.2 Å². The second-order valence-electron chi connectivity index (χ2n) is 5.86. The fourth-order valence-electron chi connectivity index (χ4n) is 3.26. The number of benzene rings is 2. The first-order valence-corrected chi connectivity index (χ1v) is 11.0. The number of anilines is 2. The second kappa shape index (κ2) is 6.58. The van der Waals surface area contributed by atoms with Crippen LogP contribution in [0.15, 0.2) is 42.5 Å². The molecule has 0 aliphatic carbocycles. The molecule has 0 N–H and O–H groups in total. The van der Waals surface area contributed by atoms with Crippen molar-refractivity contribution in [3.63, 3.8) is 0 Å². The number of para-hydroxylation sites is 1. The van der Waals surface area contributed by atoms with Crippen LogP contribution < -0.4 is 24.3 Å². The number of carbonyl (C=O) groups is 1. The van der Waals surface area contributed by atoms with Gasteiger partial charge in [0.05, 0.1) is 16.7 Å². The molecule has 2 aliphatic heterocycles. The Kier molecular flexibility index (Phi) is 4.39. The molecule has 0 saturated carbocycles. The van der Waals surface area contributed by atoms with Crippen LogP contribution in [0.1, 0.15) is 6.92 Å². The standard InChI is InChI=1S/C18H19N2O4PS/c1-3-19-14-11-15-16(24-10-9-23-15)12-17(14)25(26,22-2)20(18(19)21)13-7-5-4-6-8-13/h4-8,11-12H,3,9-10H2,1-2H3. The molecule has 1 unspecified atom stereocenters. The zero-order chi connectivity index (χ0) is 18.3. The van der Waals surface area contributed by atoms with Gasteiger partial charge in [-0.05, 0) is 36.9 Å². The Morgan fingerprint density at radius 3 is 2.42 bits per heavy atom. The van der Waals surface area contributed by atoms with Gasteiger partial charge < -0.3 is 14.0 Å². The maximum atomic E-state index is 13.3. The number of nitrogens with zero attached hydrogens (tertiary/aromatic N) is 2. The van der Waals surface area contributed by atoms with Crippen LogP contribution in [-0.2, 0) is 16.3 Å². The zero-order valence-corrected chi connectivity index (χ0v) is 16.3. The average molecular weight is 390 g/mol. The van der Waals surface area contributed by atoms with E-state index in [1.54, 1.807) is 16.7 Å². The number of carbonyl (C=O) groups excluding carboxylic acids is 1. The number of rotatable bonds is 3. The number of fused-ring (bicyclic) bond motifs is 2. The van der Waals surface area contributed by atoms with Crippen LogP contribution in [0.3, 0.4) is 0 Å². The van der Waals surface area contributed by atoms with Gasteiger partial charge in [0.15, 0.2) is 17.9 Å². The lowest BCUT2D eigenvalue weighted by Gasteiger charge is -2.43. The van der Waals surface area contributed by atoms with Gasteiger partial charge in [-0.2, -0.15) is 0 Å². The van der Waals surface area contributed by atoms with Crippen molar-refractivity contribution in [3.05, 3.63) is 42.5 Å². The fraction of sp³-hybridized carbons (Fsp3) is 0.278. The van der Waals surface area contributed by atoms with Gasteiger partial charge in [0, 0.05) is 19.7 Å². The molecule has 4 rings (SSSR count). The number of hydrogen-bond acceptors (Lipinski definition) is 5. The van der Waals surface area contributed by atoms with Crippen molar-refractivity contribution < 1.29 is 18.8 Å². The molecule has 136 valence electrons. The molecule has 0 bridgehead atoms. The van der Waals surface area contributed by atoms with Crippen molar-refractivity contribution in [3.8, 4) is 11.5 Å². The summed E-state index contributed by atoms with van der Waals surface area (Å²) in [4.78, 5) is 15.0.